The van der Waals surface area contributed by atoms with Gasteiger partial charge in [0.05, 0.1) is 37.6 Å². The molecule has 8 heteroatoms. The number of thiazole rings is 1. The zero-order valence-electron chi connectivity index (χ0n) is 16.6. The Morgan fingerprint density at radius 3 is 2.38 bits per heavy atom. The fraction of sp³-hybridized carbons (Fsp3) is 0.238. The van der Waals surface area contributed by atoms with Crippen LogP contribution in [0.1, 0.15) is 21.1 Å². The third-order valence-corrected chi connectivity index (χ3v) is 6.03. The fourth-order valence-corrected chi connectivity index (χ4v) is 4.42. The number of rotatable bonds is 8. The van der Waals surface area contributed by atoms with Crippen molar-refractivity contribution in [3.8, 4) is 17.2 Å². The highest BCUT2D eigenvalue weighted by Gasteiger charge is 2.17. The van der Waals surface area contributed by atoms with Crippen LogP contribution in [0.4, 0.5) is 5.69 Å². The van der Waals surface area contributed by atoms with E-state index in [0.29, 0.717) is 34.3 Å². The number of carbonyl (C=O) groups is 1. The van der Waals surface area contributed by atoms with Crippen molar-refractivity contribution >= 4 is 34.7 Å². The maximum absolute atomic E-state index is 13.0. The quantitative estimate of drug-likeness (QED) is 0.506. The van der Waals surface area contributed by atoms with E-state index in [1.807, 2.05) is 36.6 Å². The predicted octanol–water partition coefficient (Wildman–Crippen LogP) is 5.02. The first-order chi connectivity index (χ1) is 14.0. The molecule has 29 heavy (non-hydrogen) atoms. The van der Waals surface area contributed by atoms with Gasteiger partial charge in [0.2, 0.25) is 5.75 Å². The second-order valence-corrected chi connectivity index (χ2v) is 8.09. The Kier molecular flexibility index (Phi) is 7.00. The number of hydrogen-bond donors (Lipinski definition) is 1. The van der Waals surface area contributed by atoms with Gasteiger partial charge in [-0.2, -0.15) is 0 Å². The van der Waals surface area contributed by atoms with Crippen LogP contribution in [0.25, 0.3) is 0 Å². The minimum Gasteiger partial charge on any atom is -0.493 e. The normalized spacial score (nSPS) is 10.5. The Hall–Kier alpha value is -2.71. The molecule has 0 spiro atoms. The van der Waals surface area contributed by atoms with Gasteiger partial charge in [0.1, 0.15) is 0 Å². The summed E-state index contributed by atoms with van der Waals surface area (Å²) in [5.41, 5.74) is 2.16. The highest BCUT2D eigenvalue weighted by molar-refractivity contribution is 7.98. The number of hydrogen-bond acceptors (Lipinski definition) is 7. The molecule has 0 aliphatic carbocycles. The first kappa shape index (κ1) is 21.0. The molecule has 0 aliphatic rings. The Labute approximate surface area is 178 Å². The van der Waals surface area contributed by atoms with Crippen molar-refractivity contribution in [3.63, 3.8) is 0 Å². The Bertz CT molecular complexity index is 979. The Morgan fingerprint density at radius 2 is 1.79 bits per heavy atom. The van der Waals surface area contributed by atoms with Crippen molar-refractivity contribution < 1.29 is 19.0 Å². The summed E-state index contributed by atoms with van der Waals surface area (Å²) in [6.07, 6.45) is 0. The largest absolute Gasteiger partial charge is 0.493 e. The number of carbonyl (C=O) groups excluding carboxylic acids is 1. The molecule has 0 radical (unpaired) electrons. The van der Waals surface area contributed by atoms with Gasteiger partial charge >= 0.3 is 0 Å². The van der Waals surface area contributed by atoms with Crippen molar-refractivity contribution in [1.82, 2.24) is 4.98 Å². The molecule has 0 fully saturated rings. The van der Waals surface area contributed by atoms with Crippen LogP contribution < -0.4 is 19.5 Å². The number of ether oxygens (including phenoxy) is 3. The van der Waals surface area contributed by atoms with Crippen molar-refractivity contribution in [2.45, 2.75) is 17.6 Å². The third kappa shape index (κ3) is 5.02. The number of aryl methyl sites for hydroxylation is 1. The molecule has 152 valence electrons. The van der Waals surface area contributed by atoms with E-state index in [1.165, 1.54) is 21.3 Å². The molecule has 1 N–H and O–H groups in total. The maximum atomic E-state index is 13.0. The van der Waals surface area contributed by atoms with Gasteiger partial charge in [-0.05, 0) is 19.1 Å². The molecule has 0 unspecified atom stereocenters. The highest BCUT2D eigenvalue weighted by Crippen LogP contribution is 2.40. The second kappa shape index (κ2) is 9.67. The monoisotopic (exact) mass is 430 g/mol. The summed E-state index contributed by atoms with van der Waals surface area (Å²) in [6.45, 7) is 1.98. The topological polar surface area (TPSA) is 69.7 Å². The summed E-state index contributed by atoms with van der Waals surface area (Å²) in [5, 5.41) is 6.00. The van der Waals surface area contributed by atoms with Gasteiger partial charge in [-0.3, -0.25) is 4.79 Å². The first-order valence-corrected chi connectivity index (χ1v) is 10.7. The Morgan fingerprint density at radius 1 is 1.10 bits per heavy atom. The molecule has 0 saturated heterocycles. The second-order valence-electron chi connectivity index (χ2n) is 6.01. The molecule has 1 aromatic heterocycles. The van der Waals surface area contributed by atoms with Gasteiger partial charge < -0.3 is 19.5 Å². The minimum atomic E-state index is -0.211. The number of aromatic nitrogens is 1. The zero-order chi connectivity index (χ0) is 20.8. The molecule has 1 amide bonds. The molecule has 0 aliphatic heterocycles. The number of nitrogens with one attached hydrogen (secondary N) is 1. The van der Waals surface area contributed by atoms with E-state index in [9.17, 15) is 4.79 Å². The van der Waals surface area contributed by atoms with E-state index >= 15 is 0 Å². The smallest absolute Gasteiger partial charge is 0.256 e. The number of thioether (sulfide) groups is 1. The summed E-state index contributed by atoms with van der Waals surface area (Å²) >= 11 is 3.21. The van der Waals surface area contributed by atoms with E-state index in [0.717, 1.165) is 15.6 Å². The number of anilines is 1. The van der Waals surface area contributed by atoms with Crippen molar-refractivity contribution in [2.75, 3.05) is 26.6 Å². The predicted molar refractivity (Wildman–Crippen MR) is 117 cm³/mol. The van der Waals surface area contributed by atoms with Crippen LogP contribution in [0, 0.1) is 6.92 Å². The minimum absolute atomic E-state index is 0.211. The molecular weight excluding hydrogens is 408 g/mol. The first-order valence-electron chi connectivity index (χ1n) is 8.80. The standard InChI is InChI=1S/C21H22N2O4S2/c1-13-22-15(11-28-13)12-29-19-8-6-5-7-16(19)21(24)23-14-9-17(25-2)20(27-4)18(10-14)26-3/h5-11H,12H2,1-4H3,(H,23,24). The summed E-state index contributed by atoms with van der Waals surface area (Å²) in [5.74, 6) is 1.92. The molecule has 0 saturated carbocycles. The summed E-state index contributed by atoms with van der Waals surface area (Å²) in [4.78, 5) is 18.3. The molecule has 6 nitrogen and oxygen atoms in total. The highest BCUT2D eigenvalue weighted by atomic mass is 32.2. The SMILES string of the molecule is COc1cc(NC(=O)c2ccccc2SCc2csc(C)n2)cc(OC)c1OC. The van der Waals surface area contributed by atoms with Crippen LogP contribution in [0.15, 0.2) is 46.7 Å². The average Bonchev–Trinajstić information content (AvgIpc) is 3.16. The van der Waals surface area contributed by atoms with Gasteiger partial charge in [0.15, 0.2) is 11.5 Å². The van der Waals surface area contributed by atoms with E-state index in [4.69, 9.17) is 14.2 Å². The molecule has 3 rings (SSSR count). The number of nitrogens with zero attached hydrogens (tertiary/aromatic N) is 1. The summed E-state index contributed by atoms with van der Waals surface area (Å²) in [6, 6.07) is 10.9. The maximum Gasteiger partial charge on any atom is 0.256 e. The summed E-state index contributed by atoms with van der Waals surface area (Å²) < 4.78 is 16.0. The molecule has 1 heterocycles. The number of methoxy groups -OCH3 is 3. The van der Waals surface area contributed by atoms with Crippen LogP contribution in [0.5, 0.6) is 17.2 Å². The van der Waals surface area contributed by atoms with Crippen LogP contribution in [-0.2, 0) is 5.75 Å². The lowest BCUT2D eigenvalue weighted by atomic mass is 10.2. The van der Waals surface area contributed by atoms with E-state index in [-0.39, 0.29) is 5.91 Å². The van der Waals surface area contributed by atoms with Gasteiger partial charge in [-0.1, -0.05) is 12.1 Å². The van der Waals surface area contributed by atoms with Gasteiger partial charge in [-0.25, -0.2) is 4.98 Å². The Balaban J connectivity index is 1.81. The van der Waals surface area contributed by atoms with Crippen molar-refractivity contribution in [1.29, 1.82) is 0 Å². The van der Waals surface area contributed by atoms with E-state index in [2.05, 4.69) is 10.3 Å². The third-order valence-electron chi connectivity index (χ3n) is 4.10. The molecule has 0 bridgehead atoms. The lowest BCUT2D eigenvalue weighted by Crippen LogP contribution is -2.13. The lowest BCUT2D eigenvalue weighted by Gasteiger charge is -2.15. The number of amides is 1. The fourth-order valence-electron chi connectivity index (χ4n) is 2.76. The van der Waals surface area contributed by atoms with Gasteiger partial charge in [-0.15, -0.1) is 23.1 Å². The molecule has 0 atom stereocenters. The zero-order valence-corrected chi connectivity index (χ0v) is 18.3. The van der Waals surface area contributed by atoms with Crippen LogP contribution in [0.3, 0.4) is 0 Å². The average molecular weight is 431 g/mol. The van der Waals surface area contributed by atoms with Gasteiger partial charge in [0, 0.05) is 33.8 Å². The van der Waals surface area contributed by atoms with Crippen LogP contribution in [-0.4, -0.2) is 32.2 Å². The van der Waals surface area contributed by atoms with Crippen molar-refractivity contribution in [3.05, 3.63) is 58.0 Å². The number of benzene rings is 2. The lowest BCUT2D eigenvalue weighted by molar-refractivity contribution is 0.102. The molecule has 2 aromatic carbocycles. The summed E-state index contributed by atoms with van der Waals surface area (Å²) in [7, 11) is 4.61. The molecular formula is C21H22N2O4S2. The van der Waals surface area contributed by atoms with Gasteiger partial charge in [0.25, 0.3) is 5.91 Å². The van der Waals surface area contributed by atoms with E-state index < -0.39 is 0 Å². The van der Waals surface area contributed by atoms with Crippen molar-refractivity contribution in [2.24, 2.45) is 0 Å². The molecule has 3 aromatic rings. The van der Waals surface area contributed by atoms with Crippen LogP contribution in [0.2, 0.25) is 0 Å². The van der Waals surface area contributed by atoms with E-state index in [1.54, 1.807) is 35.2 Å². The van der Waals surface area contributed by atoms with Crippen LogP contribution >= 0.6 is 23.1 Å².